The topological polar surface area (TPSA) is 54.3 Å². The average Bonchev–Trinajstić information content (AvgIpc) is 2.65. The first-order valence-electron chi connectivity index (χ1n) is 5.41. The summed E-state index contributed by atoms with van der Waals surface area (Å²) in [6, 6.07) is 8.20. The molecule has 1 heterocycles. The van der Waals surface area contributed by atoms with Crippen molar-refractivity contribution >= 4 is 23.2 Å². The van der Waals surface area contributed by atoms with E-state index < -0.39 is 0 Å². The molecule has 94 valence electrons. The van der Waals surface area contributed by atoms with Gasteiger partial charge < -0.3 is 15.0 Å². The van der Waals surface area contributed by atoms with Gasteiger partial charge in [-0.2, -0.15) is 0 Å². The lowest BCUT2D eigenvalue weighted by atomic mass is 10.3. The number of benzene rings is 1. The van der Waals surface area contributed by atoms with Crippen molar-refractivity contribution in [3.05, 3.63) is 46.7 Å². The number of carbonyl (C=O) groups is 1. The minimum Gasteiger partial charge on any atom is -0.506 e. The molecular formula is C13H13ClN2O2. The second-order valence-corrected chi connectivity index (χ2v) is 4.45. The van der Waals surface area contributed by atoms with E-state index in [1.54, 1.807) is 16.7 Å². The Balaban J connectivity index is 2.21. The van der Waals surface area contributed by atoms with E-state index in [2.05, 4.69) is 5.32 Å². The molecule has 0 unspecified atom stereocenters. The number of phenols is 1. The molecule has 0 saturated heterocycles. The molecule has 1 aromatic heterocycles. The molecule has 2 N–H and O–H groups in total. The molecule has 0 saturated carbocycles. The van der Waals surface area contributed by atoms with E-state index in [0.29, 0.717) is 11.4 Å². The first-order chi connectivity index (χ1) is 8.49. The lowest BCUT2D eigenvalue weighted by molar-refractivity contribution is 0.101. The molecule has 2 aromatic rings. The first-order valence-corrected chi connectivity index (χ1v) is 5.79. The van der Waals surface area contributed by atoms with E-state index in [-0.39, 0.29) is 16.7 Å². The van der Waals surface area contributed by atoms with E-state index >= 15 is 0 Å². The summed E-state index contributed by atoms with van der Waals surface area (Å²) in [6.07, 6.45) is 0. The number of aromatic nitrogens is 1. The second-order valence-electron chi connectivity index (χ2n) is 4.04. The second kappa shape index (κ2) is 4.74. The molecule has 1 aromatic carbocycles. The lowest BCUT2D eigenvalue weighted by Crippen LogP contribution is -2.15. The summed E-state index contributed by atoms with van der Waals surface area (Å²) in [5.41, 5.74) is 2.06. The summed E-state index contributed by atoms with van der Waals surface area (Å²) in [5.74, 6) is -0.287. The molecule has 0 fully saturated rings. The fourth-order valence-corrected chi connectivity index (χ4v) is 1.74. The Labute approximate surface area is 110 Å². The number of carbonyl (C=O) groups excluding carboxylic acids is 1. The zero-order valence-corrected chi connectivity index (χ0v) is 10.8. The van der Waals surface area contributed by atoms with Gasteiger partial charge in [0, 0.05) is 24.5 Å². The van der Waals surface area contributed by atoms with Crippen molar-refractivity contribution in [1.82, 2.24) is 4.57 Å². The molecule has 0 radical (unpaired) electrons. The molecule has 18 heavy (non-hydrogen) atoms. The van der Waals surface area contributed by atoms with E-state index in [9.17, 15) is 9.90 Å². The van der Waals surface area contributed by atoms with Crippen molar-refractivity contribution in [2.45, 2.75) is 6.92 Å². The minimum atomic E-state index is -0.229. The van der Waals surface area contributed by atoms with Gasteiger partial charge in [-0.1, -0.05) is 11.6 Å². The summed E-state index contributed by atoms with van der Waals surface area (Å²) in [6.45, 7) is 1.92. The molecule has 0 aliphatic heterocycles. The Hall–Kier alpha value is -1.94. The molecule has 5 heteroatoms. The number of phenolic OH excluding ortho intramolecular Hbond substituents is 1. The average molecular weight is 265 g/mol. The van der Waals surface area contributed by atoms with Crippen LogP contribution in [0.5, 0.6) is 5.75 Å². The van der Waals surface area contributed by atoms with Crippen molar-refractivity contribution in [2.75, 3.05) is 5.32 Å². The Morgan fingerprint density at radius 1 is 1.33 bits per heavy atom. The summed E-state index contributed by atoms with van der Waals surface area (Å²) >= 11 is 5.70. The number of anilines is 1. The van der Waals surface area contributed by atoms with Crippen LogP contribution < -0.4 is 5.32 Å². The number of aryl methyl sites for hydroxylation is 1. The van der Waals surface area contributed by atoms with Crippen molar-refractivity contribution in [2.24, 2.45) is 7.05 Å². The summed E-state index contributed by atoms with van der Waals surface area (Å²) in [7, 11) is 1.82. The predicted octanol–water partition coefficient (Wildman–Crippen LogP) is 2.94. The van der Waals surface area contributed by atoms with Gasteiger partial charge in [0.15, 0.2) is 0 Å². The van der Waals surface area contributed by atoms with Gasteiger partial charge in [0.05, 0.1) is 5.02 Å². The number of aromatic hydroxyl groups is 1. The number of rotatable bonds is 2. The van der Waals surface area contributed by atoms with Gasteiger partial charge in [-0.3, -0.25) is 4.79 Å². The summed E-state index contributed by atoms with van der Waals surface area (Å²) in [4.78, 5) is 12.0. The highest BCUT2D eigenvalue weighted by Crippen LogP contribution is 2.26. The molecule has 0 aliphatic carbocycles. The first kappa shape index (κ1) is 12.5. The van der Waals surface area contributed by atoms with Crippen molar-refractivity contribution in [3.63, 3.8) is 0 Å². The maximum Gasteiger partial charge on any atom is 0.272 e. The van der Waals surface area contributed by atoms with Crippen LogP contribution in [-0.2, 0) is 7.05 Å². The Morgan fingerprint density at radius 3 is 2.61 bits per heavy atom. The molecular weight excluding hydrogens is 252 g/mol. The Kier molecular flexibility index (Phi) is 3.30. The smallest absolute Gasteiger partial charge is 0.272 e. The zero-order chi connectivity index (χ0) is 13.3. The third kappa shape index (κ3) is 2.33. The highest BCUT2D eigenvalue weighted by atomic mass is 35.5. The standard InChI is InChI=1S/C13H13ClN2O2/c1-8-3-6-11(16(8)2)13(18)15-9-4-5-10(14)12(17)7-9/h3-7,17H,1-2H3,(H,15,18). The van der Waals surface area contributed by atoms with Gasteiger partial charge in [0.1, 0.15) is 11.4 Å². The SMILES string of the molecule is Cc1ccc(C(=O)Nc2ccc(Cl)c(O)c2)n1C. The van der Waals surface area contributed by atoms with Gasteiger partial charge in [-0.25, -0.2) is 0 Å². The van der Waals surface area contributed by atoms with E-state index in [0.717, 1.165) is 5.69 Å². The van der Waals surface area contributed by atoms with E-state index in [4.69, 9.17) is 11.6 Å². The molecule has 0 spiro atoms. The third-order valence-corrected chi connectivity index (χ3v) is 3.13. The van der Waals surface area contributed by atoms with Crippen molar-refractivity contribution in [1.29, 1.82) is 0 Å². The van der Waals surface area contributed by atoms with Crippen LogP contribution in [0.15, 0.2) is 30.3 Å². The highest BCUT2D eigenvalue weighted by molar-refractivity contribution is 6.32. The number of amides is 1. The number of nitrogens with zero attached hydrogens (tertiary/aromatic N) is 1. The quantitative estimate of drug-likeness (QED) is 0.876. The van der Waals surface area contributed by atoms with Crippen molar-refractivity contribution in [3.8, 4) is 5.75 Å². The molecule has 2 rings (SSSR count). The number of hydrogen-bond donors (Lipinski definition) is 2. The summed E-state index contributed by atoms with van der Waals surface area (Å²) < 4.78 is 1.80. The fraction of sp³-hybridized carbons (Fsp3) is 0.154. The van der Waals surface area contributed by atoms with E-state index in [1.165, 1.54) is 12.1 Å². The van der Waals surface area contributed by atoms with Crippen LogP contribution in [0.4, 0.5) is 5.69 Å². The van der Waals surface area contributed by atoms with Crippen molar-refractivity contribution < 1.29 is 9.90 Å². The normalized spacial score (nSPS) is 10.4. The van der Waals surface area contributed by atoms with Gasteiger partial charge in [0.25, 0.3) is 5.91 Å². The van der Waals surface area contributed by atoms with Crippen LogP contribution in [-0.4, -0.2) is 15.6 Å². The molecule has 0 aliphatic rings. The minimum absolute atomic E-state index is 0.0578. The Bertz CT molecular complexity index is 605. The predicted molar refractivity (Wildman–Crippen MR) is 71.2 cm³/mol. The number of halogens is 1. The van der Waals surface area contributed by atoms with Gasteiger partial charge in [-0.05, 0) is 31.2 Å². The monoisotopic (exact) mass is 264 g/mol. The maximum atomic E-state index is 12.0. The van der Waals surface area contributed by atoms with Crippen LogP contribution in [0.2, 0.25) is 5.02 Å². The van der Waals surface area contributed by atoms with Gasteiger partial charge >= 0.3 is 0 Å². The van der Waals surface area contributed by atoms with Gasteiger partial charge in [0.2, 0.25) is 0 Å². The van der Waals surface area contributed by atoms with Crippen LogP contribution in [0, 0.1) is 6.92 Å². The molecule has 0 atom stereocenters. The van der Waals surface area contributed by atoms with Crippen LogP contribution in [0.3, 0.4) is 0 Å². The number of hydrogen-bond acceptors (Lipinski definition) is 2. The lowest BCUT2D eigenvalue weighted by Gasteiger charge is -2.08. The largest absolute Gasteiger partial charge is 0.506 e. The van der Waals surface area contributed by atoms with Crippen LogP contribution >= 0.6 is 11.6 Å². The fourth-order valence-electron chi connectivity index (χ4n) is 1.63. The van der Waals surface area contributed by atoms with Crippen LogP contribution in [0.25, 0.3) is 0 Å². The van der Waals surface area contributed by atoms with Gasteiger partial charge in [-0.15, -0.1) is 0 Å². The highest BCUT2D eigenvalue weighted by Gasteiger charge is 2.11. The van der Waals surface area contributed by atoms with Crippen LogP contribution in [0.1, 0.15) is 16.2 Å². The zero-order valence-electron chi connectivity index (χ0n) is 10.1. The Morgan fingerprint density at radius 2 is 2.06 bits per heavy atom. The molecule has 0 bridgehead atoms. The summed E-state index contributed by atoms with van der Waals surface area (Å²) in [5, 5.41) is 12.4. The number of nitrogens with one attached hydrogen (secondary N) is 1. The van der Waals surface area contributed by atoms with E-state index in [1.807, 2.05) is 20.0 Å². The molecule has 1 amide bonds. The maximum absolute atomic E-state index is 12.0. The third-order valence-electron chi connectivity index (χ3n) is 2.81. The molecule has 4 nitrogen and oxygen atoms in total.